The van der Waals surface area contributed by atoms with Crippen molar-refractivity contribution in [3.8, 4) is 0 Å². The van der Waals surface area contributed by atoms with E-state index < -0.39 is 0 Å². The summed E-state index contributed by atoms with van der Waals surface area (Å²) in [6, 6.07) is 0.0115. The monoisotopic (exact) mass is 226 g/mol. The van der Waals surface area contributed by atoms with E-state index in [-0.39, 0.29) is 11.9 Å². The first kappa shape index (κ1) is 13.5. The molecule has 3 heteroatoms. The van der Waals surface area contributed by atoms with Crippen LogP contribution in [0.4, 0.5) is 0 Å². The Balaban J connectivity index is 2.40. The third-order valence-electron chi connectivity index (χ3n) is 3.54. The third kappa shape index (κ3) is 3.78. The van der Waals surface area contributed by atoms with Crippen molar-refractivity contribution in [2.24, 2.45) is 5.92 Å². The second-order valence-electron chi connectivity index (χ2n) is 4.88. The lowest BCUT2D eigenvalue weighted by Crippen LogP contribution is -2.54. The van der Waals surface area contributed by atoms with Crippen molar-refractivity contribution in [1.82, 2.24) is 10.2 Å². The van der Waals surface area contributed by atoms with Gasteiger partial charge in [-0.3, -0.25) is 4.79 Å². The van der Waals surface area contributed by atoms with Crippen LogP contribution < -0.4 is 5.32 Å². The quantitative estimate of drug-likeness (QED) is 0.751. The van der Waals surface area contributed by atoms with E-state index in [1.807, 2.05) is 11.8 Å². The Morgan fingerprint density at radius 3 is 2.88 bits per heavy atom. The molecule has 1 aliphatic heterocycles. The predicted octanol–water partition coefficient (Wildman–Crippen LogP) is 2.02. The fraction of sp³-hybridized carbons (Fsp3) is 0.923. The summed E-state index contributed by atoms with van der Waals surface area (Å²) < 4.78 is 0. The summed E-state index contributed by atoms with van der Waals surface area (Å²) in [5.41, 5.74) is 0. The summed E-state index contributed by atoms with van der Waals surface area (Å²) in [6.45, 7) is 9.20. The van der Waals surface area contributed by atoms with Crippen LogP contribution in [0.25, 0.3) is 0 Å². The molecule has 0 aromatic heterocycles. The molecule has 0 saturated carbocycles. The van der Waals surface area contributed by atoms with Gasteiger partial charge < -0.3 is 10.2 Å². The van der Waals surface area contributed by atoms with Gasteiger partial charge in [0.15, 0.2) is 0 Å². The van der Waals surface area contributed by atoms with Crippen LogP contribution in [0.15, 0.2) is 0 Å². The summed E-state index contributed by atoms with van der Waals surface area (Å²) in [5, 5.41) is 3.20. The average Bonchev–Trinajstić information content (AvgIpc) is 2.30. The Labute approximate surface area is 99.6 Å². The van der Waals surface area contributed by atoms with Crippen LogP contribution in [0.3, 0.4) is 0 Å². The molecule has 0 radical (unpaired) electrons. The lowest BCUT2D eigenvalue weighted by molar-refractivity contribution is -0.135. The first-order valence-electron chi connectivity index (χ1n) is 6.71. The van der Waals surface area contributed by atoms with Gasteiger partial charge in [0.2, 0.25) is 5.91 Å². The van der Waals surface area contributed by atoms with Gasteiger partial charge in [0, 0.05) is 19.6 Å². The highest BCUT2D eigenvalue weighted by Crippen LogP contribution is 2.15. The Kier molecular flexibility index (Phi) is 5.81. The molecule has 2 unspecified atom stereocenters. The largest absolute Gasteiger partial charge is 0.340 e. The second kappa shape index (κ2) is 6.89. The molecular formula is C13H26N2O. The molecule has 3 nitrogen and oxygen atoms in total. The second-order valence-corrected chi connectivity index (χ2v) is 4.88. The lowest BCUT2D eigenvalue weighted by atomic mass is 9.98. The van der Waals surface area contributed by atoms with Crippen molar-refractivity contribution < 1.29 is 4.79 Å². The Morgan fingerprint density at radius 2 is 2.25 bits per heavy atom. The average molecular weight is 226 g/mol. The molecule has 2 atom stereocenters. The van der Waals surface area contributed by atoms with Crippen LogP contribution in [-0.2, 0) is 4.79 Å². The molecule has 1 fully saturated rings. The molecule has 0 bridgehead atoms. The number of carbonyl (C=O) groups excluding carboxylic acids is 1. The summed E-state index contributed by atoms with van der Waals surface area (Å²) in [7, 11) is 0. The van der Waals surface area contributed by atoms with Crippen LogP contribution in [0, 0.1) is 5.92 Å². The highest BCUT2D eigenvalue weighted by Gasteiger charge is 2.25. The van der Waals surface area contributed by atoms with E-state index in [2.05, 4.69) is 19.2 Å². The number of hydrogen-bond donors (Lipinski definition) is 1. The summed E-state index contributed by atoms with van der Waals surface area (Å²) >= 11 is 0. The van der Waals surface area contributed by atoms with E-state index in [4.69, 9.17) is 0 Å². The SMILES string of the molecule is CCCCC(CC)CN1CCNC(C)C1=O. The standard InChI is InChI=1S/C13H26N2O/c1-4-6-7-12(5-2)10-15-9-8-14-11(3)13(15)16/h11-12,14H,4-10H2,1-3H3. The van der Waals surface area contributed by atoms with Gasteiger partial charge in [-0.15, -0.1) is 0 Å². The molecular weight excluding hydrogens is 200 g/mol. The molecule has 0 aromatic rings. The minimum Gasteiger partial charge on any atom is -0.340 e. The maximum atomic E-state index is 11.9. The van der Waals surface area contributed by atoms with Crippen LogP contribution in [0.2, 0.25) is 0 Å². The number of nitrogens with one attached hydrogen (secondary N) is 1. The summed E-state index contributed by atoms with van der Waals surface area (Å²) in [4.78, 5) is 14.0. The van der Waals surface area contributed by atoms with Crippen molar-refractivity contribution in [1.29, 1.82) is 0 Å². The molecule has 1 rings (SSSR count). The van der Waals surface area contributed by atoms with Crippen molar-refractivity contribution >= 4 is 5.91 Å². The number of rotatable bonds is 6. The van der Waals surface area contributed by atoms with E-state index in [0.717, 1.165) is 19.6 Å². The number of nitrogens with zero attached hydrogens (tertiary/aromatic N) is 1. The maximum absolute atomic E-state index is 11.9. The van der Waals surface area contributed by atoms with E-state index in [1.54, 1.807) is 0 Å². The normalized spacial score (nSPS) is 23.6. The first-order chi connectivity index (χ1) is 7.69. The summed E-state index contributed by atoms with van der Waals surface area (Å²) in [5.74, 6) is 0.968. The fourth-order valence-electron chi connectivity index (χ4n) is 2.30. The molecule has 94 valence electrons. The van der Waals surface area contributed by atoms with Gasteiger partial charge >= 0.3 is 0 Å². The molecule has 1 aliphatic rings. The minimum absolute atomic E-state index is 0.0115. The lowest BCUT2D eigenvalue weighted by Gasteiger charge is -2.34. The molecule has 16 heavy (non-hydrogen) atoms. The van der Waals surface area contributed by atoms with E-state index >= 15 is 0 Å². The van der Waals surface area contributed by atoms with Gasteiger partial charge in [0.05, 0.1) is 6.04 Å². The minimum atomic E-state index is 0.0115. The van der Waals surface area contributed by atoms with Gasteiger partial charge in [-0.05, 0) is 19.3 Å². The Bertz CT molecular complexity index is 218. The Hall–Kier alpha value is -0.570. The molecule has 1 saturated heterocycles. The molecule has 1 N–H and O–H groups in total. The van der Waals surface area contributed by atoms with Crippen molar-refractivity contribution in [3.63, 3.8) is 0 Å². The zero-order valence-electron chi connectivity index (χ0n) is 11.0. The van der Waals surface area contributed by atoms with Crippen LogP contribution in [0.5, 0.6) is 0 Å². The van der Waals surface area contributed by atoms with Crippen molar-refractivity contribution in [3.05, 3.63) is 0 Å². The highest BCUT2D eigenvalue weighted by molar-refractivity contribution is 5.82. The smallest absolute Gasteiger partial charge is 0.239 e. The first-order valence-corrected chi connectivity index (χ1v) is 6.71. The number of carbonyl (C=O) groups is 1. The van der Waals surface area contributed by atoms with Gasteiger partial charge in [-0.1, -0.05) is 33.1 Å². The third-order valence-corrected chi connectivity index (χ3v) is 3.54. The zero-order chi connectivity index (χ0) is 12.0. The molecule has 0 spiro atoms. The van der Waals surface area contributed by atoms with Gasteiger partial charge in [-0.25, -0.2) is 0 Å². The topological polar surface area (TPSA) is 32.3 Å². The van der Waals surface area contributed by atoms with Gasteiger partial charge in [0.25, 0.3) is 0 Å². The molecule has 1 heterocycles. The van der Waals surface area contributed by atoms with E-state index in [1.165, 1.54) is 25.7 Å². The van der Waals surface area contributed by atoms with Crippen LogP contribution in [0.1, 0.15) is 46.5 Å². The molecule has 0 aliphatic carbocycles. The van der Waals surface area contributed by atoms with Crippen LogP contribution in [-0.4, -0.2) is 36.5 Å². The molecule has 1 amide bonds. The van der Waals surface area contributed by atoms with E-state index in [0.29, 0.717) is 5.92 Å². The predicted molar refractivity (Wildman–Crippen MR) is 67.4 cm³/mol. The number of unbranched alkanes of at least 4 members (excludes halogenated alkanes) is 1. The Morgan fingerprint density at radius 1 is 1.50 bits per heavy atom. The van der Waals surface area contributed by atoms with Crippen molar-refractivity contribution in [2.75, 3.05) is 19.6 Å². The maximum Gasteiger partial charge on any atom is 0.239 e. The highest BCUT2D eigenvalue weighted by atomic mass is 16.2. The fourth-order valence-corrected chi connectivity index (χ4v) is 2.30. The number of amides is 1. The number of hydrogen-bond acceptors (Lipinski definition) is 2. The van der Waals surface area contributed by atoms with E-state index in [9.17, 15) is 4.79 Å². The van der Waals surface area contributed by atoms with Gasteiger partial charge in [0.1, 0.15) is 0 Å². The zero-order valence-corrected chi connectivity index (χ0v) is 11.0. The number of piperazine rings is 1. The summed E-state index contributed by atoms with van der Waals surface area (Å²) in [6.07, 6.45) is 4.99. The van der Waals surface area contributed by atoms with Gasteiger partial charge in [-0.2, -0.15) is 0 Å². The molecule has 0 aromatic carbocycles. The van der Waals surface area contributed by atoms with Crippen molar-refractivity contribution in [2.45, 2.75) is 52.5 Å². The van der Waals surface area contributed by atoms with Crippen LogP contribution >= 0.6 is 0 Å².